The van der Waals surface area contributed by atoms with E-state index in [-0.39, 0.29) is 24.5 Å². The minimum Gasteiger partial charge on any atom is -0.480 e. The molecule has 0 radical (unpaired) electrons. The van der Waals surface area contributed by atoms with Gasteiger partial charge in [-0.15, -0.1) is 11.3 Å². The number of carboxylic acid groups (broad SMARTS) is 1. The summed E-state index contributed by atoms with van der Waals surface area (Å²) in [5.74, 6) is -0.669. The van der Waals surface area contributed by atoms with E-state index in [4.69, 9.17) is 16.7 Å². The number of benzene rings is 1. The summed E-state index contributed by atoms with van der Waals surface area (Å²) in [6, 6.07) is 15.6. The monoisotopic (exact) mass is 502 g/mol. The van der Waals surface area contributed by atoms with E-state index >= 15 is 0 Å². The van der Waals surface area contributed by atoms with Crippen LogP contribution in [0.15, 0.2) is 71.9 Å². The van der Waals surface area contributed by atoms with Crippen LogP contribution >= 0.6 is 22.9 Å². The maximum absolute atomic E-state index is 13.5. The smallest absolute Gasteiger partial charge is 0.322 e. The highest BCUT2D eigenvalue weighted by Crippen LogP contribution is 2.30. The summed E-state index contributed by atoms with van der Waals surface area (Å²) in [4.78, 5) is 20.1. The van der Waals surface area contributed by atoms with Crippen molar-refractivity contribution in [1.82, 2.24) is 14.3 Å². The van der Waals surface area contributed by atoms with Gasteiger partial charge in [-0.25, -0.2) is 13.4 Å². The number of hydrogen-bond donors (Lipinski definition) is 2. The molecule has 0 spiro atoms. The van der Waals surface area contributed by atoms with Gasteiger partial charge in [-0.2, -0.15) is 4.31 Å². The number of fused-ring (bicyclic) bond motifs is 1. The molecule has 0 amide bonds. The van der Waals surface area contributed by atoms with Crippen LogP contribution < -0.4 is 5.32 Å². The summed E-state index contributed by atoms with van der Waals surface area (Å²) in [5, 5.41) is 13.1. The van der Waals surface area contributed by atoms with Crippen molar-refractivity contribution >= 4 is 54.8 Å². The summed E-state index contributed by atoms with van der Waals surface area (Å²) >= 11 is 7.59. The fourth-order valence-electron chi connectivity index (χ4n) is 3.21. The van der Waals surface area contributed by atoms with Gasteiger partial charge in [0.2, 0.25) is 10.0 Å². The summed E-state index contributed by atoms with van der Waals surface area (Å²) in [5.41, 5.74) is 0.474. The lowest BCUT2D eigenvalue weighted by atomic mass is 10.2. The van der Waals surface area contributed by atoms with Crippen LogP contribution in [0.1, 0.15) is 10.6 Å². The molecule has 0 unspecified atom stereocenters. The van der Waals surface area contributed by atoms with Crippen LogP contribution in [0.4, 0.5) is 5.82 Å². The number of anilines is 1. The van der Waals surface area contributed by atoms with Crippen molar-refractivity contribution in [2.24, 2.45) is 0 Å². The highest BCUT2D eigenvalue weighted by atomic mass is 35.5. The third kappa shape index (κ3) is 5.66. The number of hydrogen-bond acceptors (Lipinski definition) is 7. The average Bonchev–Trinajstić information content (AvgIpc) is 3.19. The zero-order valence-corrected chi connectivity index (χ0v) is 19.6. The second-order valence-corrected chi connectivity index (χ2v) is 10.7. The number of pyridine rings is 2. The first-order valence-electron chi connectivity index (χ1n) is 9.81. The quantitative estimate of drug-likeness (QED) is 0.352. The first-order chi connectivity index (χ1) is 15.8. The topological polar surface area (TPSA) is 112 Å². The van der Waals surface area contributed by atoms with Gasteiger partial charge < -0.3 is 10.4 Å². The molecule has 0 bridgehead atoms. The first-order valence-corrected chi connectivity index (χ1v) is 12.4. The molecular formula is C22H19ClN4O4S2. The van der Waals surface area contributed by atoms with Crippen LogP contribution in [0, 0.1) is 0 Å². The molecule has 4 rings (SSSR count). The van der Waals surface area contributed by atoms with Gasteiger partial charge in [0.25, 0.3) is 0 Å². The normalized spacial score (nSPS) is 11.7. The van der Waals surface area contributed by atoms with E-state index in [1.807, 2.05) is 18.2 Å². The van der Waals surface area contributed by atoms with Gasteiger partial charge in [0.1, 0.15) is 17.3 Å². The molecule has 4 aromatic rings. The summed E-state index contributed by atoms with van der Waals surface area (Å²) in [6.07, 6.45) is 2.82. The number of carbonyl (C=O) groups is 1. The molecule has 1 aromatic carbocycles. The van der Waals surface area contributed by atoms with Crippen LogP contribution in [0.25, 0.3) is 10.1 Å². The molecule has 3 aromatic heterocycles. The second kappa shape index (κ2) is 9.84. The first kappa shape index (κ1) is 23.1. The van der Waals surface area contributed by atoms with E-state index in [1.54, 1.807) is 30.3 Å². The molecule has 0 fully saturated rings. The highest BCUT2D eigenvalue weighted by Gasteiger charge is 2.26. The Morgan fingerprint density at radius 2 is 1.97 bits per heavy atom. The van der Waals surface area contributed by atoms with Crippen molar-refractivity contribution in [3.8, 4) is 0 Å². The van der Waals surface area contributed by atoms with Crippen molar-refractivity contribution in [3.63, 3.8) is 0 Å². The van der Waals surface area contributed by atoms with Crippen LogP contribution in [-0.2, 0) is 27.9 Å². The molecule has 2 N–H and O–H groups in total. The zero-order valence-electron chi connectivity index (χ0n) is 17.2. The molecule has 0 saturated carbocycles. The maximum atomic E-state index is 13.5. The van der Waals surface area contributed by atoms with E-state index in [1.165, 1.54) is 34.1 Å². The molecule has 0 aliphatic carbocycles. The minimum absolute atomic E-state index is 0.00514. The summed E-state index contributed by atoms with van der Waals surface area (Å²) < 4.78 is 29.3. The van der Waals surface area contributed by atoms with Crippen LogP contribution in [0.2, 0.25) is 5.02 Å². The average molecular weight is 503 g/mol. The van der Waals surface area contributed by atoms with Gasteiger partial charge in [-0.05, 0) is 53.9 Å². The van der Waals surface area contributed by atoms with Crippen LogP contribution in [-0.4, -0.2) is 40.3 Å². The predicted octanol–water partition coefficient (Wildman–Crippen LogP) is 4.23. The Hall–Kier alpha value is -3.05. The van der Waals surface area contributed by atoms with E-state index in [9.17, 15) is 13.2 Å². The third-order valence-corrected chi connectivity index (χ3v) is 7.81. The molecule has 11 heteroatoms. The Morgan fingerprint density at radius 1 is 1.12 bits per heavy atom. The number of rotatable bonds is 9. The molecule has 0 aliphatic rings. The van der Waals surface area contributed by atoms with Crippen molar-refractivity contribution < 1.29 is 18.3 Å². The number of aliphatic carboxylic acids is 1. The van der Waals surface area contributed by atoms with E-state index in [2.05, 4.69) is 15.3 Å². The largest absolute Gasteiger partial charge is 0.480 e. The predicted molar refractivity (Wildman–Crippen MR) is 128 cm³/mol. The van der Waals surface area contributed by atoms with Gasteiger partial charge in [0.05, 0.1) is 12.2 Å². The van der Waals surface area contributed by atoms with E-state index in [0.29, 0.717) is 16.5 Å². The fourth-order valence-corrected chi connectivity index (χ4v) is 5.89. The lowest BCUT2D eigenvalue weighted by molar-refractivity contribution is -0.134. The summed E-state index contributed by atoms with van der Waals surface area (Å²) in [6.45, 7) is -0.171. The standard InChI is InChI=1S/C22H19ClN4O4S2/c23-16-6-7-20-15(9-16)10-18(32-20)14-27(33(30,31)19-4-2-8-24-11-19)13-17-3-1-5-21(26-17)25-12-22(28)29/h1-11H,12-14H2,(H,25,26)(H,28,29). The fraction of sp³-hybridized carbons (Fsp3) is 0.136. The summed E-state index contributed by atoms with van der Waals surface area (Å²) in [7, 11) is -3.88. The zero-order chi connectivity index (χ0) is 23.4. The Kier molecular flexibility index (Phi) is 6.89. The van der Waals surface area contributed by atoms with Gasteiger partial charge in [-0.3, -0.25) is 9.78 Å². The van der Waals surface area contributed by atoms with Crippen molar-refractivity contribution in [2.75, 3.05) is 11.9 Å². The molecule has 170 valence electrons. The number of thiophene rings is 1. The number of aromatic nitrogens is 2. The highest BCUT2D eigenvalue weighted by molar-refractivity contribution is 7.89. The Labute approximate surface area is 199 Å². The molecule has 8 nitrogen and oxygen atoms in total. The van der Waals surface area contributed by atoms with E-state index < -0.39 is 16.0 Å². The van der Waals surface area contributed by atoms with Crippen molar-refractivity contribution in [2.45, 2.75) is 18.0 Å². The van der Waals surface area contributed by atoms with Gasteiger partial charge >= 0.3 is 5.97 Å². The second-order valence-electron chi connectivity index (χ2n) is 7.12. The molecule has 3 heterocycles. The Morgan fingerprint density at radius 3 is 2.73 bits per heavy atom. The van der Waals surface area contributed by atoms with E-state index in [0.717, 1.165) is 15.0 Å². The molecule has 0 atom stereocenters. The third-order valence-electron chi connectivity index (χ3n) is 4.70. The molecule has 0 aliphatic heterocycles. The lowest BCUT2D eigenvalue weighted by Gasteiger charge is -2.21. The number of nitrogens with zero attached hydrogens (tertiary/aromatic N) is 3. The number of nitrogens with one attached hydrogen (secondary N) is 1. The minimum atomic E-state index is -3.88. The van der Waals surface area contributed by atoms with Crippen molar-refractivity contribution in [1.29, 1.82) is 0 Å². The van der Waals surface area contributed by atoms with Gasteiger partial charge in [-0.1, -0.05) is 17.7 Å². The SMILES string of the molecule is O=C(O)CNc1cccc(CN(Cc2cc3cc(Cl)ccc3s2)S(=O)(=O)c2cccnc2)n1. The maximum Gasteiger partial charge on any atom is 0.322 e. The number of sulfonamides is 1. The Bertz CT molecular complexity index is 1390. The molecular weight excluding hydrogens is 484 g/mol. The number of halogens is 1. The lowest BCUT2D eigenvalue weighted by Crippen LogP contribution is -2.30. The van der Waals surface area contributed by atoms with Crippen LogP contribution in [0.3, 0.4) is 0 Å². The Balaban J connectivity index is 1.67. The van der Waals surface area contributed by atoms with Crippen molar-refractivity contribution in [3.05, 3.63) is 82.6 Å². The number of carboxylic acids is 1. The van der Waals surface area contributed by atoms with Gasteiger partial charge in [0.15, 0.2) is 0 Å². The molecule has 33 heavy (non-hydrogen) atoms. The van der Waals surface area contributed by atoms with Crippen LogP contribution in [0.5, 0.6) is 0 Å². The molecule has 0 saturated heterocycles. The van der Waals surface area contributed by atoms with Gasteiger partial charge in [0, 0.05) is 33.5 Å².